The Morgan fingerprint density at radius 3 is 2.29 bits per heavy atom. The van der Waals surface area contributed by atoms with Gasteiger partial charge in [-0.2, -0.15) is 5.26 Å². The van der Waals surface area contributed by atoms with E-state index in [4.69, 9.17) is 5.26 Å². The minimum atomic E-state index is -0.275. The number of likely N-dealkylation sites (tertiary alicyclic amines) is 1. The van der Waals surface area contributed by atoms with Crippen LogP contribution in [0.3, 0.4) is 0 Å². The summed E-state index contributed by atoms with van der Waals surface area (Å²) in [5.41, 5.74) is 5.20. The van der Waals surface area contributed by atoms with Crippen LogP contribution in [0.4, 0.5) is 0 Å². The fraction of sp³-hybridized carbons (Fsp3) is 0.310. The summed E-state index contributed by atoms with van der Waals surface area (Å²) in [5.74, 6) is -0.134. The topological polar surface area (TPSA) is 77.3 Å². The van der Waals surface area contributed by atoms with Crippen LogP contribution in [0.25, 0.3) is 0 Å². The van der Waals surface area contributed by atoms with E-state index in [0.717, 1.165) is 22.4 Å². The normalized spacial score (nSPS) is 14.7. The van der Waals surface area contributed by atoms with Gasteiger partial charge < -0.3 is 9.80 Å². The zero-order chi connectivity index (χ0) is 24.9. The lowest BCUT2D eigenvalue weighted by Gasteiger charge is -2.36. The molecule has 178 valence electrons. The van der Waals surface area contributed by atoms with Crippen LogP contribution in [0, 0.1) is 31.1 Å². The number of rotatable bonds is 5. The molecule has 1 fully saturated rings. The number of pyridine rings is 1. The Bertz CT molecular complexity index is 1210. The van der Waals surface area contributed by atoms with E-state index in [2.05, 4.69) is 30.1 Å². The van der Waals surface area contributed by atoms with Crippen LogP contribution >= 0.6 is 0 Å². The van der Waals surface area contributed by atoms with E-state index in [9.17, 15) is 9.59 Å². The van der Waals surface area contributed by atoms with Crippen molar-refractivity contribution in [2.24, 2.45) is 5.92 Å². The Hall–Kier alpha value is -3.98. The lowest BCUT2D eigenvalue weighted by Crippen LogP contribution is -2.44. The van der Waals surface area contributed by atoms with Crippen molar-refractivity contribution in [2.45, 2.75) is 32.7 Å². The summed E-state index contributed by atoms with van der Waals surface area (Å²) < 4.78 is 0. The Kier molecular flexibility index (Phi) is 7.26. The number of carbonyl (C=O) groups excluding carboxylic acids is 2. The van der Waals surface area contributed by atoms with E-state index in [-0.39, 0.29) is 23.8 Å². The molecular formula is C29H30N4O2. The number of benzene rings is 2. The van der Waals surface area contributed by atoms with E-state index in [1.165, 1.54) is 0 Å². The van der Waals surface area contributed by atoms with Gasteiger partial charge in [0, 0.05) is 37.8 Å². The highest BCUT2D eigenvalue weighted by molar-refractivity contribution is 5.94. The molecule has 0 spiro atoms. The molecule has 1 saturated heterocycles. The van der Waals surface area contributed by atoms with Crippen molar-refractivity contribution in [3.05, 3.63) is 100 Å². The van der Waals surface area contributed by atoms with Gasteiger partial charge in [-0.3, -0.25) is 14.6 Å². The quantitative estimate of drug-likeness (QED) is 0.547. The number of amides is 2. The van der Waals surface area contributed by atoms with Gasteiger partial charge in [0.15, 0.2) is 0 Å². The lowest BCUT2D eigenvalue weighted by atomic mass is 9.91. The number of aromatic nitrogens is 1. The molecule has 0 N–H and O–H groups in total. The van der Waals surface area contributed by atoms with Gasteiger partial charge in [0.25, 0.3) is 5.91 Å². The molecule has 1 aliphatic rings. The van der Waals surface area contributed by atoms with Crippen molar-refractivity contribution in [3.8, 4) is 6.07 Å². The fourth-order valence-corrected chi connectivity index (χ4v) is 4.83. The third kappa shape index (κ3) is 5.09. The molecule has 4 rings (SSSR count). The largest absolute Gasteiger partial charge is 0.339 e. The van der Waals surface area contributed by atoms with Crippen molar-refractivity contribution in [3.63, 3.8) is 0 Å². The summed E-state index contributed by atoms with van der Waals surface area (Å²) in [6.07, 6.45) is 3.01. The summed E-state index contributed by atoms with van der Waals surface area (Å²) in [6, 6.07) is 20.6. The van der Waals surface area contributed by atoms with Crippen LogP contribution < -0.4 is 0 Å². The molecule has 1 atom stereocenters. The molecule has 0 radical (unpaired) electrons. The maximum atomic E-state index is 13.7. The van der Waals surface area contributed by atoms with Gasteiger partial charge in [-0.25, -0.2) is 0 Å². The Balaban J connectivity index is 1.50. The molecule has 1 aromatic heterocycles. The molecule has 6 heteroatoms. The third-order valence-corrected chi connectivity index (χ3v) is 6.92. The lowest BCUT2D eigenvalue weighted by molar-refractivity contribution is -0.137. The number of hydrogen-bond donors (Lipinski definition) is 0. The number of nitriles is 1. The molecule has 6 nitrogen and oxygen atoms in total. The van der Waals surface area contributed by atoms with Crippen LogP contribution in [-0.2, 0) is 4.79 Å². The molecule has 2 aromatic carbocycles. The van der Waals surface area contributed by atoms with Gasteiger partial charge in [-0.05, 0) is 73.7 Å². The van der Waals surface area contributed by atoms with E-state index >= 15 is 0 Å². The van der Waals surface area contributed by atoms with E-state index in [1.54, 1.807) is 35.4 Å². The first kappa shape index (κ1) is 24.2. The molecule has 0 saturated carbocycles. The van der Waals surface area contributed by atoms with Crippen molar-refractivity contribution in [1.29, 1.82) is 5.26 Å². The molecule has 35 heavy (non-hydrogen) atoms. The summed E-state index contributed by atoms with van der Waals surface area (Å²) in [7, 11) is 1.86. The average molecular weight is 467 g/mol. The maximum absolute atomic E-state index is 13.7. The fourth-order valence-electron chi connectivity index (χ4n) is 4.83. The van der Waals surface area contributed by atoms with Crippen LogP contribution in [0.15, 0.2) is 66.9 Å². The van der Waals surface area contributed by atoms with Gasteiger partial charge in [0.1, 0.15) is 0 Å². The highest BCUT2D eigenvalue weighted by Gasteiger charge is 2.34. The standard InChI is InChI=1S/C29H30N4O2/c1-20-7-4-5-9-25(20)27(26-21(2)8-6-16-31-26)32(3)28(34)24-14-17-33(18-15-24)29(35)23-12-10-22(19-30)11-13-23/h4-13,16,24,27H,14-15,17-18H2,1-3H3. The summed E-state index contributed by atoms with van der Waals surface area (Å²) in [4.78, 5) is 34.9. The SMILES string of the molecule is Cc1ccccc1C(c1ncccc1C)N(C)C(=O)C1CCN(C(=O)c2ccc(C#N)cc2)CC1. The molecule has 2 amide bonds. The van der Waals surface area contributed by atoms with Crippen molar-refractivity contribution in [2.75, 3.05) is 20.1 Å². The molecule has 1 unspecified atom stereocenters. The second-order valence-electron chi connectivity index (χ2n) is 9.17. The van der Waals surface area contributed by atoms with Crippen LogP contribution in [-0.4, -0.2) is 46.7 Å². The first-order chi connectivity index (χ1) is 16.9. The number of carbonyl (C=O) groups is 2. The summed E-state index contributed by atoms with van der Waals surface area (Å²) in [6.45, 7) is 5.15. The molecule has 0 bridgehead atoms. The smallest absolute Gasteiger partial charge is 0.253 e. The van der Waals surface area contributed by atoms with Gasteiger partial charge in [-0.1, -0.05) is 30.3 Å². The molecular weight excluding hydrogens is 436 g/mol. The number of nitrogens with zero attached hydrogens (tertiary/aromatic N) is 4. The van der Waals surface area contributed by atoms with Gasteiger partial charge in [0.05, 0.1) is 23.4 Å². The second kappa shape index (κ2) is 10.5. The Morgan fingerprint density at radius 2 is 1.66 bits per heavy atom. The zero-order valence-corrected chi connectivity index (χ0v) is 20.4. The van der Waals surface area contributed by atoms with Crippen molar-refractivity contribution in [1.82, 2.24) is 14.8 Å². The van der Waals surface area contributed by atoms with E-state index in [0.29, 0.717) is 37.1 Å². The minimum Gasteiger partial charge on any atom is -0.339 e. The zero-order valence-electron chi connectivity index (χ0n) is 20.4. The Morgan fingerprint density at radius 1 is 1.00 bits per heavy atom. The molecule has 3 aromatic rings. The summed E-state index contributed by atoms with van der Waals surface area (Å²) >= 11 is 0. The van der Waals surface area contributed by atoms with Gasteiger partial charge in [-0.15, -0.1) is 0 Å². The molecule has 2 heterocycles. The number of hydrogen-bond acceptors (Lipinski definition) is 4. The van der Waals surface area contributed by atoms with Crippen LogP contribution in [0.2, 0.25) is 0 Å². The third-order valence-electron chi connectivity index (χ3n) is 6.92. The van der Waals surface area contributed by atoms with Gasteiger partial charge in [0.2, 0.25) is 5.91 Å². The monoisotopic (exact) mass is 466 g/mol. The number of piperidine rings is 1. The van der Waals surface area contributed by atoms with Crippen molar-refractivity contribution < 1.29 is 9.59 Å². The molecule has 1 aliphatic heterocycles. The Labute approximate surface area is 206 Å². The average Bonchev–Trinajstić information content (AvgIpc) is 2.90. The highest BCUT2D eigenvalue weighted by Crippen LogP contribution is 2.33. The predicted octanol–water partition coefficient (Wildman–Crippen LogP) is 4.67. The van der Waals surface area contributed by atoms with Crippen LogP contribution in [0.1, 0.15) is 57.2 Å². The minimum absolute atomic E-state index is 0.0596. The number of aryl methyl sites for hydroxylation is 2. The first-order valence-electron chi connectivity index (χ1n) is 11.9. The second-order valence-corrected chi connectivity index (χ2v) is 9.17. The van der Waals surface area contributed by atoms with E-state index in [1.807, 2.05) is 43.1 Å². The predicted molar refractivity (Wildman–Crippen MR) is 135 cm³/mol. The summed E-state index contributed by atoms with van der Waals surface area (Å²) in [5, 5.41) is 8.97. The van der Waals surface area contributed by atoms with Crippen molar-refractivity contribution >= 4 is 11.8 Å². The molecule has 0 aliphatic carbocycles. The maximum Gasteiger partial charge on any atom is 0.253 e. The van der Waals surface area contributed by atoms with Crippen LogP contribution in [0.5, 0.6) is 0 Å². The highest BCUT2D eigenvalue weighted by atomic mass is 16.2. The van der Waals surface area contributed by atoms with Gasteiger partial charge >= 0.3 is 0 Å². The van der Waals surface area contributed by atoms with E-state index < -0.39 is 0 Å². The first-order valence-corrected chi connectivity index (χ1v) is 11.9.